The van der Waals surface area contributed by atoms with E-state index in [1.165, 1.54) is 0 Å². The Labute approximate surface area is 173 Å². The molecule has 4 rings (SSSR count). The van der Waals surface area contributed by atoms with Gasteiger partial charge in [-0.1, -0.05) is 48.0 Å². The standard InChI is InChI=1S/C23H20ClN3O2/c24-18-9-7-16(8-10-18)15-27-21-6-2-1-5-19(21)20(22(27)23(28)29)14-26-13-17-4-3-11-25-12-17/h1-12,26H,13-15H2,(H,28,29). The Kier molecular flexibility index (Phi) is 5.60. The second-order valence-electron chi connectivity index (χ2n) is 6.83. The molecular formula is C23H20ClN3O2. The summed E-state index contributed by atoms with van der Waals surface area (Å²) in [6.07, 6.45) is 3.53. The van der Waals surface area contributed by atoms with E-state index in [2.05, 4.69) is 10.3 Å². The topological polar surface area (TPSA) is 67.2 Å². The van der Waals surface area contributed by atoms with Crippen LogP contribution in [0.1, 0.15) is 27.2 Å². The van der Waals surface area contributed by atoms with Gasteiger partial charge < -0.3 is 15.0 Å². The van der Waals surface area contributed by atoms with Gasteiger partial charge in [-0.25, -0.2) is 4.79 Å². The van der Waals surface area contributed by atoms with Gasteiger partial charge in [0.2, 0.25) is 0 Å². The van der Waals surface area contributed by atoms with Crippen LogP contribution in [0.3, 0.4) is 0 Å². The number of nitrogens with one attached hydrogen (secondary N) is 1. The molecule has 4 aromatic rings. The molecule has 0 aliphatic rings. The molecule has 2 aromatic carbocycles. The van der Waals surface area contributed by atoms with Crippen molar-refractivity contribution < 1.29 is 9.90 Å². The number of halogens is 1. The van der Waals surface area contributed by atoms with Crippen LogP contribution in [0.15, 0.2) is 73.1 Å². The Morgan fingerprint density at radius 3 is 2.52 bits per heavy atom. The van der Waals surface area contributed by atoms with Crippen LogP contribution in [0.4, 0.5) is 0 Å². The van der Waals surface area contributed by atoms with Gasteiger partial charge in [-0.2, -0.15) is 0 Å². The van der Waals surface area contributed by atoms with Gasteiger partial charge in [-0.15, -0.1) is 0 Å². The van der Waals surface area contributed by atoms with Gasteiger partial charge in [0.15, 0.2) is 0 Å². The van der Waals surface area contributed by atoms with Crippen LogP contribution in [0, 0.1) is 0 Å². The molecule has 0 aliphatic heterocycles. The van der Waals surface area contributed by atoms with Crippen LogP contribution in [0.2, 0.25) is 5.02 Å². The number of hydrogen-bond acceptors (Lipinski definition) is 3. The second-order valence-corrected chi connectivity index (χ2v) is 7.26. The molecule has 2 heterocycles. The molecule has 29 heavy (non-hydrogen) atoms. The van der Waals surface area contributed by atoms with E-state index in [-0.39, 0.29) is 0 Å². The summed E-state index contributed by atoms with van der Waals surface area (Å²) in [6.45, 7) is 1.52. The van der Waals surface area contributed by atoms with Gasteiger partial charge in [-0.3, -0.25) is 4.98 Å². The summed E-state index contributed by atoms with van der Waals surface area (Å²) in [6, 6.07) is 19.2. The molecule has 5 nitrogen and oxygen atoms in total. The molecular weight excluding hydrogens is 386 g/mol. The maximum Gasteiger partial charge on any atom is 0.352 e. The molecule has 0 fully saturated rings. The van der Waals surface area contributed by atoms with Crippen molar-refractivity contribution in [1.29, 1.82) is 0 Å². The molecule has 2 N–H and O–H groups in total. The first kappa shape index (κ1) is 19.2. The third-order valence-electron chi connectivity index (χ3n) is 4.89. The number of benzene rings is 2. The normalized spacial score (nSPS) is 11.1. The number of aromatic carboxylic acids is 1. The predicted octanol–water partition coefficient (Wildman–Crippen LogP) is 4.73. The summed E-state index contributed by atoms with van der Waals surface area (Å²) in [7, 11) is 0. The van der Waals surface area contributed by atoms with Gasteiger partial charge in [0.25, 0.3) is 0 Å². The number of hydrogen-bond donors (Lipinski definition) is 2. The van der Waals surface area contributed by atoms with E-state index < -0.39 is 5.97 Å². The summed E-state index contributed by atoms with van der Waals surface area (Å²) >= 11 is 5.99. The molecule has 0 bridgehead atoms. The fourth-order valence-electron chi connectivity index (χ4n) is 3.57. The third kappa shape index (κ3) is 4.16. The van der Waals surface area contributed by atoms with E-state index in [4.69, 9.17) is 11.6 Å². The van der Waals surface area contributed by atoms with Crippen molar-refractivity contribution in [3.8, 4) is 0 Å². The van der Waals surface area contributed by atoms with Crippen molar-refractivity contribution in [2.24, 2.45) is 0 Å². The second kappa shape index (κ2) is 8.47. The first-order valence-electron chi connectivity index (χ1n) is 9.31. The van der Waals surface area contributed by atoms with Crippen molar-refractivity contribution in [3.05, 3.63) is 100 Å². The van der Waals surface area contributed by atoms with E-state index in [0.29, 0.717) is 30.4 Å². The minimum absolute atomic E-state index is 0.305. The maximum atomic E-state index is 12.2. The van der Waals surface area contributed by atoms with Crippen LogP contribution in [-0.4, -0.2) is 20.6 Å². The van der Waals surface area contributed by atoms with Crippen LogP contribution in [-0.2, 0) is 19.6 Å². The molecule has 0 radical (unpaired) electrons. The lowest BCUT2D eigenvalue weighted by Gasteiger charge is -2.10. The predicted molar refractivity (Wildman–Crippen MR) is 114 cm³/mol. The highest BCUT2D eigenvalue weighted by Crippen LogP contribution is 2.28. The minimum atomic E-state index is -0.937. The van der Waals surface area contributed by atoms with Crippen molar-refractivity contribution in [3.63, 3.8) is 0 Å². The number of para-hydroxylation sites is 1. The molecule has 0 atom stereocenters. The SMILES string of the molecule is O=C(O)c1c(CNCc2cccnc2)c2ccccc2n1Cc1ccc(Cl)cc1. The molecule has 0 amide bonds. The number of aromatic nitrogens is 2. The molecule has 6 heteroatoms. The van der Waals surface area contributed by atoms with Gasteiger partial charge in [-0.05, 0) is 35.4 Å². The number of fused-ring (bicyclic) bond motifs is 1. The third-order valence-corrected chi connectivity index (χ3v) is 5.14. The van der Waals surface area contributed by atoms with Crippen LogP contribution in [0.5, 0.6) is 0 Å². The molecule has 0 saturated heterocycles. The first-order chi connectivity index (χ1) is 14.1. The van der Waals surface area contributed by atoms with E-state index in [0.717, 1.165) is 27.6 Å². The first-order valence-corrected chi connectivity index (χ1v) is 9.69. The summed E-state index contributed by atoms with van der Waals surface area (Å²) in [5, 5.41) is 15.0. The largest absolute Gasteiger partial charge is 0.477 e. The highest BCUT2D eigenvalue weighted by atomic mass is 35.5. The monoisotopic (exact) mass is 405 g/mol. The number of carbonyl (C=O) groups is 1. The number of pyridine rings is 1. The van der Waals surface area contributed by atoms with E-state index >= 15 is 0 Å². The lowest BCUT2D eigenvalue weighted by molar-refractivity contribution is 0.0685. The molecule has 0 saturated carbocycles. The van der Waals surface area contributed by atoms with Gasteiger partial charge in [0.1, 0.15) is 5.69 Å². The van der Waals surface area contributed by atoms with E-state index in [1.54, 1.807) is 12.4 Å². The smallest absolute Gasteiger partial charge is 0.352 e. The Morgan fingerprint density at radius 2 is 1.79 bits per heavy atom. The lowest BCUT2D eigenvalue weighted by atomic mass is 10.1. The Hall–Kier alpha value is -3.15. The van der Waals surface area contributed by atoms with Gasteiger partial charge in [0.05, 0.1) is 0 Å². The average molecular weight is 406 g/mol. The Bertz CT molecular complexity index is 1140. The summed E-state index contributed by atoms with van der Waals surface area (Å²) in [5.74, 6) is -0.937. The lowest BCUT2D eigenvalue weighted by Crippen LogP contribution is -2.17. The van der Waals surface area contributed by atoms with Crippen molar-refractivity contribution in [1.82, 2.24) is 14.9 Å². The fraction of sp³-hybridized carbons (Fsp3) is 0.130. The number of nitrogens with zero attached hydrogens (tertiary/aromatic N) is 2. The van der Waals surface area contributed by atoms with E-state index in [1.807, 2.05) is 65.2 Å². The van der Waals surface area contributed by atoms with Crippen LogP contribution >= 0.6 is 11.6 Å². The van der Waals surface area contributed by atoms with Crippen LogP contribution in [0.25, 0.3) is 10.9 Å². The minimum Gasteiger partial charge on any atom is -0.477 e. The summed E-state index contributed by atoms with van der Waals surface area (Å²) < 4.78 is 1.86. The van der Waals surface area contributed by atoms with Gasteiger partial charge >= 0.3 is 5.97 Å². The quantitative estimate of drug-likeness (QED) is 0.466. The number of rotatable bonds is 7. The number of carboxylic acids is 1. The maximum absolute atomic E-state index is 12.2. The molecule has 0 spiro atoms. The Morgan fingerprint density at radius 1 is 1.00 bits per heavy atom. The summed E-state index contributed by atoms with van der Waals surface area (Å²) in [4.78, 5) is 16.3. The van der Waals surface area contributed by atoms with Crippen molar-refractivity contribution in [2.75, 3.05) is 0 Å². The highest BCUT2D eigenvalue weighted by Gasteiger charge is 2.22. The van der Waals surface area contributed by atoms with E-state index in [9.17, 15) is 9.90 Å². The average Bonchev–Trinajstić information content (AvgIpc) is 3.04. The zero-order chi connectivity index (χ0) is 20.2. The van der Waals surface area contributed by atoms with Crippen molar-refractivity contribution >= 4 is 28.5 Å². The Balaban J connectivity index is 1.70. The molecule has 0 unspecified atom stereocenters. The molecule has 2 aromatic heterocycles. The fourth-order valence-corrected chi connectivity index (χ4v) is 3.70. The van der Waals surface area contributed by atoms with Crippen molar-refractivity contribution in [2.45, 2.75) is 19.6 Å². The number of carboxylic acid groups (broad SMARTS) is 1. The zero-order valence-corrected chi connectivity index (χ0v) is 16.4. The molecule has 146 valence electrons. The summed E-state index contributed by atoms with van der Waals surface area (Å²) in [5.41, 5.74) is 4.03. The zero-order valence-electron chi connectivity index (χ0n) is 15.7. The van der Waals surface area contributed by atoms with Gasteiger partial charge in [0, 0.05) is 53.5 Å². The molecule has 0 aliphatic carbocycles. The highest BCUT2D eigenvalue weighted by molar-refractivity contribution is 6.30. The van der Waals surface area contributed by atoms with Crippen LogP contribution < -0.4 is 5.32 Å².